The Kier molecular flexibility index (Phi) is 7.01. The monoisotopic (exact) mass is 534 g/mol. The fourth-order valence-corrected chi connectivity index (χ4v) is 4.82. The largest absolute Gasteiger partial charge is 0.397 e. The van der Waals surface area contributed by atoms with E-state index in [1.165, 1.54) is 12.4 Å². The number of aliphatic hydroxyl groups excluding tert-OH is 1. The van der Waals surface area contributed by atoms with Crippen LogP contribution in [-0.2, 0) is 0 Å². The van der Waals surface area contributed by atoms with Gasteiger partial charge in [0.15, 0.2) is 0 Å². The van der Waals surface area contributed by atoms with Crippen molar-refractivity contribution in [2.24, 2.45) is 5.92 Å². The molecule has 3 rings (SSSR count). The highest BCUT2D eigenvalue weighted by atomic mass is 127. The van der Waals surface area contributed by atoms with E-state index in [2.05, 4.69) is 37.9 Å². The number of carbonyl (C=O) groups excluding carboxylic acids is 1. The van der Waals surface area contributed by atoms with Crippen LogP contribution in [0.4, 0.5) is 5.69 Å². The molecule has 150 valence electrons. The minimum Gasteiger partial charge on any atom is -0.397 e. The molecule has 1 unspecified atom stereocenters. The first-order valence-electron chi connectivity index (χ1n) is 9.05. The molecular formula is C19H21Cl2IN4O2. The first-order chi connectivity index (χ1) is 13.3. The van der Waals surface area contributed by atoms with E-state index in [0.29, 0.717) is 16.9 Å². The van der Waals surface area contributed by atoms with Crippen molar-refractivity contribution in [2.75, 3.05) is 5.73 Å². The summed E-state index contributed by atoms with van der Waals surface area (Å²) in [6.07, 6.45) is 7.02. The molecule has 6 nitrogen and oxygen atoms in total. The van der Waals surface area contributed by atoms with Gasteiger partial charge in [-0.15, -0.1) is 0 Å². The van der Waals surface area contributed by atoms with E-state index >= 15 is 0 Å². The normalized spacial score (nSPS) is 16.0. The van der Waals surface area contributed by atoms with Crippen molar-refractivity contribution >= 4 is 57.4 Å². The summed E-state index contributed by atoms with van der Waals surface area (Å²) in [5.41, 5.74) is 8.28. The minimum absolute atomic E-state index is 0.0350. The number of nitrogens with zero attached hydrogens (tertiary/aromatic N) is 2. The third-order valence-electron chi connectivity index (χ3n) is 5.12. The van der Waals surface area contributed by atoms with Crippen LogP contribution in [0.5, 0.6) is 0 Å². The Labute approximate surface area is 187 Å². The minimum atomic E-state index is -0.942. The molecule has 0 radical (unpaired) electrons. The number of halogens is 3. The molecule has 1 atom stereocenters. The number of amides is 1. The van der Waals surface area contributed by atoms with Gasteiger partial charge in [0.2, 0.25) is 0 Å². The Morgan fingerprint density at radius 2 is 2.00 bits per heavy atom. The maximum absolute atomic E-state index is 13.1. The SMILES string of the molecule is Cc1c(N)c(Cl)c(C(=O)NC(O)C2CCCCC2)c(-c2cncc(Cl)n2)c1I. The van der Waals surface area contributed by atoms with Gasteiger partial charge in [0.05, 0.1) is 34.4 Å². The lowest BCUT2D eigenvalue weighted by molar-refractivity contribution is 0.0464. The smallest absolute Gasteiger partial charge is 0.255 e. The lowest BCUT2D eigenvalue weighted by Gasteiger charge is -2.27. The summed E-state index contributed by atoms with van der Waals surface area (Å²) in [5, 5.41) is 13.6. The highest BCUT2D eigenvalue weighted by Crippen LogP contribution is 2.40. The maximum Gasteiger partial charge on any atom is 0.255 e. The van der Waals surface area contributed by atoms with Gasteiger partial charge in [0, 0.05) is 15.1 Å². The Bertz CT molecular complexity index is 904. The number of hydrogen-bond donors (Lipinski definition) is 3. The number of hydrogen-bond acceptors (Lipinski definition) is 5. The summed E-state index contributed by atoms with van der Waals surface area (Å²) in [4.78, 5) is 21.5. The number of nitrogen functional groups attached to an aromatic ring is 1. The molecule has 1 aromatic carbocycles. The van der Waals surface area contributed by atoms with Crippen molar-refractivity contribution in [3.8, 4) is 11.3 Å². The van der Waals surface area contributed by atoms with Crippen LogP contribution in [0, 0.1) is 16.4 Å². The number of anilines is 1. The van der Waals surface area contributed by atoms with Gasteiger partial charge < -0.3 is 16.2 Å². The number of nitrogens with one attached hydrogen (secondary N) is 1. The molecule has 1 aromatic heterocycles. The summed E-state index contributed by atoms with van der Waals surface area (Å²) in [5.74, 6) is -0.461. The van der Waals surface area contributed by atoms with E-state index in [1.807, 2.05) is 6.92 Å². The van der Waals surface area contributed by atoms with Gasteiger partial charge >= 0.3 is 0 Å². The van der Waals surface area contributed by atoms with Crippen molar-refractivity contribution in [1.29, 1.82) is 0 Å². The van der Waals surface area contributed by atoms with Crippen molar-refractivity contribution in [1.82, 2.24) is 15.3 Å². The number of aliphatic hydroxyl groups is 1. The van der Waals surface area contributed by atoms with E-state index in [0.717, 1.165) is 41.2 Å². The molecule has 0 saturated heterocycles. The number of nitrogens with two attached hydrogens (primary N) is 1. The molecule has 9 heteroatoms. The Morgan fingerprint density at radius 3 is 2.64 bits per heavy atom. The summed E-state index contributed by atoms with van der Waals surface area (Å²) < 4.78 is 0.730. The number of aromatic nitrogens is 2. The van der Waals surface area contributed by atoms with Gasteiger partial charge in [-0.1, -0.05) is 42.5 Å². The average Bonchev–Trinajstić information content (AvgIpc) is 2.69. The van der Waals surface area contributed by atoms with Gasteiger partial charge in [0.25, 0.3) is 5.91 Å². The molecule has 28 heavy (non-hydrogen) atoms. The molecule has 1 amide bonds. The quantitative estimate of drug-likeness (QED) is 0.303. The predicted octanol–water partition coefficient (Wildman–Crippen LogP) is 4.57. The Hall–Kier alpha value is -1.16. The van der Waals surface area contributed by atoms with Gasteiger partial charge in [-0.2, -0.15) is 0 Å². The van der Waals surface area contributed by atoms with Crippen LogP contribution < -0.4 is 11.1 Å². The van der Waals surface area contributed by atoms with Crippen molar-refractivity contribution in [3.63, 3.8) is 0 Å². The molecule has 1 saturated carbocycles. The number of rotatable bonds is 4. The fourth-order valence-electron chi connectivity index (χ4n) is 3.52. The molecular weight excluding hydrogens is 514 g/mol. The topological polar surface area (TPSA) is 101 Å². The maximum atomic E-state index is 13.1. The molecule has 1 aliphatic carbocycles. The second kappa shape index (κ2) is 9.11. The molecule has 1 aliphatic rings. The van der Waals surface area contributed by atoms with Gasteiger partial charge in [-0.25, -0.2) is 4.98 Å². The van der Waals surface area contributed by atoms with Crippen LogP contribution >= 0.6 is 45.8 Å². The molecule has 1 fully saturated rings. The van der Waals surface area contributed by atoms with Gasteiger partial charge in [-0.3, -0.25) is 9.78 Å². The lowest BCUT2D eigenvalue weighted by Crippen LogP contribution is -2.41. The average molecular weight is 535 g/mol. The van der Waals surface area contributed by atoms with Crippen LogP contribution in [0.3, 0.4) is 0 Å². The second-order valence-corrected chi connectivity index (χ2v) is 8.80. The van der Waals surface area contributed by atoms with E-state index in [-0.39, 0.29) is 21.7 Å². The summed E-state index contributed by atoms with van der Waals surface area (Å²) in [6, 6.07) is 0. The predicted molar refractivity (Wildman–Crippen MR) is 119 cm³/mol. The molecule has 4 N–H and O–H groups in total. The van der Waals surface area contributed by atoms with Crippen LogP contribution in [-0.4, -0.2) is 27.2 Å². The third kappa shape index (κ3) is 4.37. The number of benzene rings is 1. The van der Waals surface area contributed by atoms with Gasteiger partial charge in [0.1, 0.15) is 11.4 Å². The van der Waals surface area contributed by atoms with Crippen LogP contribution in [0.25, 0.3) is 11.3 Å². The zero-order valence-electron chi connectivity index (χ0n) is 15.3. The molecule has 0 spiro atoms. The van der Waals surface area contributed by atoms with Crippen molar-refractivity contribution < 1.29 is 9.90 Å². The first kappa shape index (κ1) is 21.5. The highest BCUT2D eigenvalue weighted by Gasteiger charge is 2.29. The zero-order valence-corrected chi connectivity index (χ0v) is 19.0. The second-order valence-electron chi connectivity index (χ2n) is 6.96. The summed E-state index contributed by atoms with van der Waals surface area (Å²) in [7, 11) is 0. The van der Waals surface area contributed by atoms with Crippen molar-refractivity contribution in [3.05, 3.63) is 37.3 Å². The van der Waals surface area contributed by atoms with Gasteiger partial charge in [-0.05, 0) is 47.9 Å². The lowest BCUT2D eigenvalue weighted by atomic mass is 9.88. The Morgan fingerprint density at radius 1 is 1.32 bits per heavy atom. The highest BCUT2D eigenvalue weighted by molar-refractivity contribution is 14.1. The van der Waals surface area contributed by atoms with Crippen LogP contribution in [0.15, 0.2) is 12.4 Å². The summed E-state index contributed by atoms with van der Waals surface area (Å²) >= 11 is 14.6. The van der Waals surface area contributed by atoms with Crippen LogP contribution in [0.2, 0.25) is 10.2 Å². The molecule has 2 aromatic rings. The first-order valence-corrected chi connectivity index (χ1v) is 10.9. The van der Waals surface area contributed by atoms with Crippen molar-refractivity contribution in [2.45, 2.75) is 45.3 Å². The standard InChI is InChI=1S/C19H21Cl2IN4O2/c1-9-16(22)13(11-7-24-8-12(20)25-11)14(15(21)17(9)23)19(28)26-18(27)10-5-3-2-4-6-10/h7-8,10,18,27H,2-6,23H2,1H3,(H,26,28). The molecule has 0 aliphatic heterocycles. The van der Waals surface area contributed by atoms with Crippen LogP contribution in [0.1, 0.15) is 48.0 Å². The molecule has 1 heterocycles. The van der Waals surface area contributed by atoms with E-state index in [4.69, 9.17) is 28.9 Å². The third-order valence-corrected chi connectivity index (χ3v) is 7.05. The zero-order chi connectivity index (χ0) is 20.4. The number of carbonyl (C=O) groups is 1. The molecule has 0 bridgehead atoms. The van der Waals surface area contributed by atoms with E-state index < -0.39 is 12.1 Å². The van der Waals surface area contributed by atoms with E-state index in [1.54, 1.807) is 0 Å². The summed E-state index contributed by atoms with van der Waals surface area (Å²) in [6.45, 7) is 1.82. The fraction of sp³-hybridized carbons (Fsp3) is 0.421. The van der Waals surface area contributed by atoms with E-state index in [9.17, 15) is 9.90 Å². The Balaban J connectivity index is 2.04.